The third-order valence-corrected chi connectivity index (χ3v) is 4.04. The maximum Gasteiger partial charge on any atom is 0.335 e. The molecule has 120 valence electrons. The molecule has 21 heavy (non-hydrogen) atoms. The fourth-order valence-corrected chi connectivity index (χ4v) is 2.90. The van der Waals surface area contributed by atoms with Gasteiger partial charge in [0.25, 0.3) is 5.92 Å². The molecule has 1 aliphatic heterocycles. The van der Waals surface area contributed by atoms with E-state index in [1.807, 2.05) is 0 Å². The summed E-state index contributed by atoms with van der Waals surface area (Å²) in [5.41, 5.74) is 0.379. The minimum atomic E-state index is -2.94. The highest BCUT2D eigenvalue weighted by Gasteiger charge is 2.41. The molecule has 0 saturated carbocycles. The van der Waals surface area contributed by atoms with Gasteiger partial charge in [0.15, 0.2) is 0 Å². The third-order valence-electron chi connectivity index (χ3n) is 4.04. The van der Waals surface area contributed by atoms with Crippen LogP contribution < -0.4 is 0 Å². The number of carbonyl (C=O) groups excluding carboxylic acids is 1. The monoisotopic (exact) mass is 309 g/mol. The van der Waals surface area contributed by atoms with Crippen molar-refractivity contribution in [2.24, 2.45) is 0 Å². The molecule has 0 bridgehead atoms. The number of allylic oxidation sites excluding steroid dienone is 1. The molecule has 1 heterocycles. The minimum Gasteiger partial charge on any atom is -0.466 e. The maximum absolute atomic E-state index is 13.5. The van der Waals surface area contributed by atoms with E-state index in [1.54, 1.807) is 4.90 Å². The number of hydrogen-bond donors (Lipinski definition) is 0. The Morgan fingerprint density at radius 3 is 2.48 bits per heavy atom. The largest absolute Gasteiger partial charge is 0.466 e. The fourth-order valence-electron chi connectivity index (χ4n) is 2.90. The molecular formula is C14H19F4NO2. The number of alkyl halides is 4. The Kier molecular flexibility index (Phi) is 4.49. The number of nitrogens with zero attached hydrogens (tertiary/aromatic N) is 1. The first-order valence-corrected chi connectivity index (χ1v) is 7.05. The molecule has 0 aromatic carbocycles. The first-order chi connectivity index (χ1) is 9.74. The van der Waals surface area contributed by atoms with E-state index < -0.39 is 24.2 Å². The summed E-state index contributed by atoms with van der Waals surface area (Å²) in [6.45, 7) is 0.436. The number of methoxy groups -OCH3 is 1. The van der Waals surface area contributed by atoms with Crippen LogP contribution in [0.1, 0.15) is 38.5 Å². The van der Waals surface area contributed by atoms with Gasteiger partial charge >= 0.3 is 5.97 Å². The van der Waals surface area contributed by atoms with Crippen LogP contribution in [0.15, 0.2) is 11.3 Å². The predicted octanol–water partition coefficient (Wildman–Crippen LogP) is 3.35. The van der Waals surface area contributed by atoms with Crippen molar-refractivity contribution in [1.82, 2.24) is 4.90 Å². The average Bonchev–Trinajstić information content (AvgIpc) is 2.58. The topological polar surface area (TPSA) is 29.5 Å². The van der Waals surface area contributed by atoms with E-state index in [9.17, 15) is 22.4 Å². The second-order valence-electron chi connectivity index (χ2n) is 5.65. The first kappa shape index (κ1) is 16.1. The SMILES string of the molecule is COC(=O)C1=C(N2CCCC(F)(F)CC2)CCC(F)(F)C1. The van der Waals surface area contributed by atoms with Gasteiger partial charge in [0, 0.05) is 44.5 Å². The summed E-state index contributed by atoms with van der Waals surface area (Å²) in [7, 11) is 1.14. The molecule has 0 aromatic heterocycles. The molecule has 0 aromatic rings. The number of hydrogen-bond acceptors (Lipinski definition) is 3. The van der Waals surface area contributed by atoms with Gasteiger partial charge in [-0.15, -0.1) is 0 Å². The summed E-state index contributed by atoms with van der Waals surface area (Å²) >= 11 is 0. The lowest BCUT2D eigenvalue weighted by atomic mass is 9.92. The highest BCUT2D eigenvalue weighted by molar-refractivity contribution is 5.89. The minimum absolute atomic E-state index is 0.0169. The molecule has 3 nitrogen and oxygen atoms in total. The van der Waals surface area contributed by atoms with Crippen molar-refractivity contribution in [3.63, 3.8) is 0 Å². The first-order valence-electron chi connectivity index (χ1n) is 7.05. The van der Waals surface area contributed by atoms with Gasteiger partial charge < -0.3 is 9.64 Å². The molecule has 0 spiro atoms. The van der Waals surface area contributed by atoms with Gasteiger partial charge in [0.05, 0.1) is 12.7 Å². The average molecular weight is 309 g/mol. The summed E-state index contributed by atoms with van der Waals surface area (Å²) < 4.78 is 58.4. The van der Waals surface area contributed by atoms with Crippen molar-refractivity contribution < 1.29 is 27.1 Å². The van der Waals surface area contributed by atoms with Gasteiger partial charge in [0.1, 0.15) is 0 Å². The highest BCUT2D eigenvalue weighted by Crippen LogP contribution is 2.40. The van der Waals surface area contributed by atoms with E-state index in [1.165, 1.54) is 0 Å². The smallest absolute Gasteiger partial charge is 0.335 e. The lowest BCUT2D eigenvalue weighted by Gasteiger charge is -2.33. The normalized spacial score (nSPS) is 25.5. The van der Waals surface area contributed by atoms with E-state index in [2.05, 4.69) is 4.74 Å². The van der Waals surface area contributed by atoms with Crippen LogP contribution in [0.25, 0.3) is 0 Å². The van der Waals surface area contributed by atoms with Crippen LogP contribution in [0, 0.1) is 0 Å². The van der Waals surface area contributed by atoms with Crippen molar-refractivity contribution in [2.45, 2.75) is 50.4 Å². The van der Waals surface area contributed by atoms with Crippen molar-refractivity contribution in [3.05, 3.63) is 11.3 Å². The van der Waals surface area contributed by atoms with E-state index in [0.29, 0.717) is 12.2 Å². The number of halogens is 4. The van der Waals surface area contributed by atoms with E-state index in [0.717, 1.165) is 7.11 Å². The molecule has 0 unspecified atom stereocenters. The molecule has 0 N–H and O–H groups in total. The van der Waals surface area contributed by atoms with Crippen molar-refractivity contribution in [1.29, 1.82) is 0 Å². The lowest BCUT2D eigenvalue weighted by Crippen LogP contribution is -2.34. The van der Waals surface area contributed by atoms with Crippen LogP contribution in [0.3, 0.4) is 0 Å². The maximum atomic E-state index is 13.5. The molecule has 2 rings (SSSR count). The van der Waals surface area contributed by atoms with E-state index in [-0.39, 0.29) is 44.2 Å². The summed E-state index contributed by atoms with van der Waals surface area (Å²) in [6, 6.07) is 0. The number of esters is 1. The summed E-state index contributed by atoms with van der Waals surface area (Å²) in [5.74, 6) is -6.46. The Morgan fingerprint density at radius 1 is 1.10 bits per heavy atom. The van der Waals surface area contributed by atoms with E-state index in [4.69, 9.17) is 0 Å². The molecular weight excluding hydrogens is 290 g/mol. The van der Waals surface area contributed by atoms with Gasteiger partial charge in [-0.05, 0) is 12.8 Å². The molecule has 1 aliphatic carbocycles. The van der Waals surface area contributed by atoms with Crippen LogP contribution in [-0.4, -0.2) is 42.9 Å². The van der Waals surface area contributed by atoms with Gasteiger partial charge in [-0.2, -0.15) is 0 Å². The molecule has 0 radical (unpaired) electrons. The van der Waals surface area contributed by atoms with E-state index >= 15 is 0 Å². The fraction of sp³-hybridized carbons (Fsp3) is 0.786. The zero-order valence-electron chi connectivity index (χ0n) is 11.9. The Hall–Kier alpha value is -1.27. The molecule has 2 aliphatic rings. The molecule has 1 saturated heterocycles. The summed E-state index contributed by atoms with van der Waals surface area (Å²) in [5, 5.41) is 0. The standard InChI is InChI=1S/C14H19F4NO2/c1-21-12(20)10-9-14(17,18)5-3-11(10)19-7-2-4-13(15,16)6-8-19/h2-9H2,1H3. The number of carbonyl (C=O) groups is 1. The Bertz CT molecular complexity index is 448. The number of ether oxygens (including phenoxy) is 1. The highest BCUT2D eigenvalue weighted by atomic mass is 19.3. The summed E-state index contributed by atoms with van der Waals surface area (Å²) in [4.78, 5) is 13.4. The molecule has 1 fully saturated rings. The number of likely N-dealkylation sites (tertiary alicyclic amines) is 1. The van der Waals surface area contributed by atoms with Gasteiger partial charge in [-0.25, -0.2) is 22.4 Å². The number of rotatable bonds is 2. The predicted molar refractivity (Wildman–Crippen MR) is 68.2 cm³/mol. The second kappa shape index (κ2) is 5.85. The van der Waals surface area contributed by atoms with Crippen molar-refractivity contribution >= 4 is 5.97 Å². The van der Waals surface area contributed by atoms with Crippen LogP contribution in [-0.2, 0) is 9.53 Å². The van der Waals surface area contributed by atoms with Crippen LogP contribution in [0.4, 0.5) is 17.6 Å². The zero-order valence-corrected chi connectivity index (χ0v) is 11.9. The Morgan fingerprint density at radius 2 is 1.81 bits per heavy atom. The lowest BCUT2D eigenvalue weighted by molar-refractivity contribution is -0.138. The van der Waals surface area contributed by atoms with Crippen LogP contribution >= 0.6 is 0 Å². The second-order valence-corrected chi connectivity index (χ2v) is 5.65. The van der Waals surface area contributed by atoms with Gasteiger partial charge in [-0.3, -0.25) is 0 Å². The Balaban J connectivity index is 2.25. The van der Waals surface area contributed by atoms with Crippen LogP contribution in [0.2, 0.25) is 0 Å². The summed E-state index contributed by atoms with van der Waals surface area (Å²) in [6.07, 6.45) is -1.27. The molecule has 7 heteroatoms. The zero-order chi connectivity index (χ0) is 15.7. The van der Waals surface area contributed by atoms with Crippen LogP contribution in [0.5, 0.6) is 0 Å². The quantitative estimate of drug-likeness (QED) is 0.579. The van der Waals surface area contributed by atoms with Gasteiger partial charge in [0.2, 0.25) is 5.92 Å². The third kappa shape index (κ3) is 3.89. The van der Waals surface area contributed by atoms with Gasteiger partial charge in [-0.1, -0.05) is 0 Å². The van der Waals surface area contributed by atoms with Crippen molar-refractivity contribution in [2.75, 3.05) is 20.2 Å². The molecule has 0 atom stereocenters. The van der Waals surface area contributed by atoms with Crippen molar-refractivity contribution in [3.8, 4) is 0 Å². The Labute approximate surface area is 120 Å². The molecule has 0 amide bonds.